The fourth-order valence-corrected chi connectivity index (χ4v) is 2.09. The van der Waals surface area contributed by atoms with Crippen LogP contribution in [0.4, 0.5) is 5.82 Å². The number of hydrogen-bond acceptors (Lipinski definition) is 5. The van der Waals surface area contributed by atoms with Gasteiger partial charge in [-0.05, 0) is 25.7 Å². The quantitative estimate of drug-likeness (QED) is 0.826. The van der Waals surface area contributed by atoms with E-state index in [1.165, 1.54) is 6.33 Å². The maximum atomic E-state index is 11.9. The van der Waals surface area contributed by atoms with E-state index in [9.17, 15) is 4.79 Å². The molecule has 19 heavy (non-hydrogen) atoms. The number of ether oxygens (including phenoxy) is 1. The lowest BCUT2D eigenvalue weighted by Gasteiger charge is -2.11. The van der Waals surface area contributed by atoms with E-state index < -0.39 is 0 Å². The fourth-order valence-electron chi connectivity index (χ4n) is 2.09. The van der Waals surface area contributed by atoms with Crippen LogP contribution in [0.15, 0.2) is 12.4 Å². The molecule has 1 aromatic heterocycles. The number of rotatable bonds is 5. The average Bonchev–Trinajstić information content (AvgIpc) is 3.09. The van der Waals surface area contributed by atoms with E-state index in [1.807, 2.05) is 0 Å². The van der Waals surface area contributed by atoms with E-state index in [0.717, 1.165) is 38.8 Å². The molecular formula is C13H18N4O2. The van der Waals surface area contributed by atoms with Crippen molar-refractivity contribution in [3.8, 4) is 0 Å². The number of anilines is 1. The largest absolute Gasteiger partial charge is 0.376 e. The lowest BCUT2D eigenvalue weighted by Crippen LogP contribution is -2.26. The Morgan fingerprint density at radius 1 is 1.37 bits per heavy atom. The van der Waals surface area contributed by atoms with Crippen molar-refractivity contribution in [2.45, 2.75) is 37.8 Å². The van der Waals surface area contributed by atoms with Crippen LogP contribution in [0.5, 0.6) is 0 Å². The Kier molecular flexibility index (Phi) is 3.59. The highest BCUT2D eigenvalue weighted by molar-refractivity contribution is 5.93. The van der Waals surface area contributed by atoms with Gasteiger partial charge in [0, 0.05) is 25.3 Å². The van der Waals surface area contributed by atoms with Gasteiger partial charge in [-0.25, -0.2) is 9.97 Å². The molecule has 1 saturated heterocycles. The van der Waals surface area contributed by atoms with Crippen LogP contribution < -0.4 is 10.6 Å². The summed E-state index contributed by atoms with van der Waals surface area (Å²) in [4.78, 5) is 20.0. The van der Waals surface area contributed by atoms with Crippen LogP contribution in [0.1, 0.15) is 36.2 Å². The number of carbonyl (C=O) groups is 1. The molecule has 1 unspecified atom stereocenters. The fraction of sp³-hybridized carbons (Fsp3) is 0.615. The first-order valence-corrected chi connectivity index (χ1v) is 6.79. The van der Waals surface area contributed by atoms with Crippen molar-refractivity contribution in [1.82, 2.24) is 15.3 Å². The van der Waals surface area contributed by atoms with Gasteiger partial charge < -0.3 is 15.4 Å². The molecule has 1 aromatic rings. The van der Waals surface area contributed by atoms with E-state index in [2.05, 4.69) is 20.6 Å². The lowest BCUT2D eigenvalue weighted by atomic mass is 10.2. The van der Waals surface area contributed by atoms with Gasteiger partial charge in [0.25, 0.3) is 5.91 Å². The second-order valence-electron chi connectivity index (χ2n) is 5.05. The molecule has 2 aliphatic rings. The zero-order chi connectivity index (χ0) is 13.1. The van der Waals surface area contributed by atoms with Crippen molar-refractivity contribution in [3.05, 3.63) is 18.1 Å². The monoisotopic (exact) mass is 262 g/mol. The molecule has 2 N–H and O–H groups in total. The normalized spacial score (nSPS) is 22.2. The van der Waals surface area contributed by atoms with E-state index in [0.29, 0.717) is 17.6 Å². The first-order chi connectivity index (χ1) is 9.31. The predicted molar refractivity (Wildman–Crippen MR) is 70.0 cm³/mol. The Morgan fingerprint density at radius 3 is 3.00 bits per heavy atom. The zero-order valence-electron chi connectivity index (χ0n) is 10.8. The van der Waals surface area contributed by atoms with Crippen molar-refractivity contribution >= 4 is 11.7 Å². The van der Waals surface area contributed by atoms with Crippen LogP contribution >= 0.6 is 0 Å². The predicted octanol–water partition coefficient (Wildman–Crippen LogP) is 0.960. The van der Waals surface area contributed by atoms with Gasteiger partial charge in [-0.1, -0.05) is 0 Å². The van der Waals surface area contributed by atoms with E-state index in [4.69, 9.17) is 4.74 Å². The maximum absolute atomic E-state index is 11.9. The van der Waals surface area contributed by atoms with Crippen LogP contribution in [0, 0.1) is 0 Å². The Balaban J connectivity index is 1.56. The van der Waals surface area contributed by atoms with Crippen LogP contribution in [0.3, 0.4) is 0 Å². The molecule has 102 valence electrons. The molecule has 0 spiro atoms. The van der Waals surface area contributed by atoms with Gasteiger partial charge in [0.2, 0.25) is 0 Å². The molecule has 2 heterocycles. The summed E-state index contributed by atoms with van der Waals surface area (Å²) in [5.74, 6) is 0.552. The number of nitrogens with zero attached hydrogens (tertiary/aromatic N) is 2. The van der Waals surface area contributed by atoms with E-state index >= 15 is 0 Å². The summed E-state index contributed by atoms with van der Waals surface area (Å²) >= 11 is 0. The second-order valence-corrected chi connectivity index (χ2v) is 5.05. The molecule has 0 aromatic carbocycles. The van der Waals surface area contributed by atoms with E-state index in [1.54, 1.807) is 6.07 Å². The zero-order valence-corrected chi connectivity index (χ0v) is 10.8. The molecule has 0 bridgehead atoms. The van der Waals surface area contributed by atoms with Crippen molar-refractivity contribution < 1.29 is 9.53 Å². The summed E-state index contributed by atoms with van der Waals surface area (Å²) in [6, 6.07) is 2.03. The smallest absolute Gasteiger partial charge is 0.270 e. The number of amides is 1. The number of aromatic nitrogens is 2. The SMILES string of the molecule is O=C(NC1CC1)c1cc(NCC2CCCO2)ncn1. The minimum absolute atomic E-state index is 0.120. The molecule has 2 fully saturated rings. The molecule has 6 heteroatoms. The maximum Gasteiger partial charge on any atom is 0.270 e. The van der Waals surface area contributed by atoms with Crippen molar-refractivity contribution in [2.24, 2.45) is 0 Å². The molecule has 1 atom stereocenters. The molecule has 0 radical (unpaired) electrons. The highest BCUT2D eigenvalue weighted by Crippen LogP contribution is 2.19. The van der Waals surface area contributed by atoms with Crippen molar-refractivity contribution in [1.29, 1.82) is 0 Å². The number of carbonyl (C=O) groups excluding carboxylic acids is 1. The molecule has 1 amide bonds. The van der Waals surface area contributed by atoms with Crippen LogP contribution in [0.2, 0.25) is 0 Å². The number of hydrogen-bond donors (Lipinski definition) is 2. The van der Waals surface area contributed by atoms with Crippen molar-refractivity contribution in [2.75, 3.05) is 18.5 Å². The third-order valence-electron chi connectivity index (χ3n) is 3.35. The molecule has 1 aliphatic heterocycles. The molecule has 3 rings (SSSR count). The molecule has 1 saturated carbocycles. The Labute approximate surface area is 112 Å². The highest BCUT2D eigenvalue weighted by atomic mass is 16.5. The van der Waals surface area contributed by atoms with Crippen LogP contribution in [-0.2, 0) is 4.74 Å². The van der Waals surface area contributed by atoms with Gasteiger partial charge in [0.05, 0.1) is 6.10 Å². The second kappa shape index (κ2) is 5.52. The summed E-state index contributed by atoms with van der Waals surface area (Å²) in [6.45, 7) is 1.56. The van der Waals surface area contributed by atoms with Crippen molar-refractivity contribution in [3.63, 3.8) is 0 Å². The minimum Gasteiger partial charge on any atom is -0.376 e. The third kappa shape index (κ3) is 3.41. The summed E-state index contributed by atoms with van der Waals surface area (Å²) in [6.07, 6.45) is 6.00. The summed E-state index contributed by atoms with van der Waals surface area (Å²) in [5, 5.41) is 6.11. The topological polar surface area (TPSA) is 76.1 Å². The van der Waals surface area contributed by atoms with Crippen LogP contribution in [0.25, 0.3) is 0 Å². The van der Waals surface area contributed by atoms with Crippen LogP contribution in [-0.4, -0.2) is 41.2 Å². The first kappa shape index (κ1) is 12.3. The molecule has 6 nitrogen and oxygen atoms in total. The Morgan fingerprint density at radius 2 is 2.26 bits per heavy atom. The summed E-state index contributed by atoms with van der Waals surface area (Å²) < 4.78 is 5.53. The summed E-state index contributed by atoms with van der Waals surface area (Å²) in [7, 11) is 0. The third-order valence-corrected chi connectivity index (χ3v) is 3.35. The minimum atomic E-state index is -0.120. The van der Waals surface area contributed by atoms with Gasteiger partial charge in [0.15, 0.2) is 0 Å². The summed E-state index contributed by atoms with van der Waals surface area (Å²) in [5.41, 5.74) is 0.414. The van der Waals surface area contributed by atoms with E-state index in [-0.39, 0.29) is 12.0 Å². The molecule has 1 aliphatic carbocycles. The number of nitrogens with one attached hydrogen (secondary N) is 2. The van der Waals surface area contributed by atoms with Gasteiger partial charge >= 0.3 is 0 Å². The lowest BCUT2D eigenvalue weighted by molar-refractivity contribution is 0.0946. The standard InChI is InChI=1S/C13H18N4O2/c18-13(17-9-3-4-9)11-6-12(16-8-15-11)14-7-10-2-1-5-19-10/h6,8-10H,1-5,7H2,(H,17,18)(H,14,15,16). The van der Waals surface area contributed by atoms with Gasteiger partial charge in [0.1, 0.15) is 17.8 Å². The average molecular weight is 262 g/mol. The first-order valence-electron chi connectivity index (χ1n) is 6.79. The Bertz CT molecular complexity index is 456. The Hall–Kier alpha value is -1.69. The highest BCUT2D eigenvalue weighted by Gasteiger charge is 2.24. The molecular weight excluding hydrogens is 244 g/mol. The van der Waals surface area contributed by atoms with Gasteiger partial charge in [-0.15, -0.1) is 0 Å². The van der Waals surface area contributed by atoms with Gasteiger partial charge in [-0.2, -0.15) is 0 Å². The van der Waals surface area contributed by atoms with Gasteiger partial charge in [-0.3, -0.25) is 4.79 Å².